The molecule has 4 N–H and O–H groups in total. The molecule has 0 aromatic heterocycles. The number of amides is 2. The maximum atomic E-state index is 10.9. The van der Waals surface area contributed by atoms with Gasteiger partial charge in [0, 0.05) is 0 Å². The van der Waals surface area contributed by atoms with Crippen LogP contribution in [0.1, 0.15) is 13.3 Å². The summed E-state index contributed by atoms with van der Waals surface area (Å²) in [5.74, 6) is -2.20. The second-order valence-electron chi connectivity index (χ2n) is 3.00. The van der Waals surface area contributed by atoms with E-state index >= 15 is 0 Å². The van der Waals surface area contributed by atoms with Crippen LogP contribution in [0.3, 0.4) is 0 Å². The van der Waals surface area contributed by atoms with Crippen molar-refractivity contribution in [3.05, 3.63) is 0 Å². The number of carboxylic acid groups (broad SMARTS) is 1. The van der Waals surface area contributed by atoms with Crippen LogP contribution in [0, 0.1) is 0 Å². The standard InChI is InChI=1S/C8H14N2O5/c1-5(11)2-6(12)9-3-7(13)10-4-8(14)15/h5,11H,2-4H2,1H3,(H,9,12)(H,10,13)(H,14,15). The third-order valence-corrected chi connectivity index (χ3v) is 1.36. The lowest BCUT2D eigenvalue weighted by Crippen LogP contribution is -2.39. The van der Waals surface area contributed by atoms with Gasteiger partial charge in [-0.05, 0) is 6.92 Å². The van der Waals surface area contributed by atoms with Gasteiger partial charge in [-0.1, -0.05) is 0 Å². The third kappa shape index (κ3) is 8.69. The molecule has 0 saturated heterocycles. The molecule has 0 rings (SSSR count). The van der Waals surface area contributed by atoms with E-state index in [0.29, 0.717) is 0 Å². The molecule has 86 valence electrons. The van der Waals surface area contributed by atoms with Gasteiger partial charge in [0.2, 0.25) is 11.8 Å². The minimum Gasteiger partial charge on any atom is -0.480 e. The summed E-state index contributed by atoms with van der Waals surface area (Å²) in [5, 5.41) is 21.4. The monoisotopic (exact) mass is 218 g/mol. The van der Waals surface area contributed by atoms with Crippen molar-refractivity contribution in [2.75, 3.05) is 13.1 Å². The number of carbonyl (C=O) groups excluding carboxylic acids is 2. The van der Waals surface area contributed by atoms with E-state index in [9.17, 15) is 14.4 Å². The number of nitrogens with one attached hydrogen (secondary N) is 2. The molecule has 7 nitrogen and oxygen atoms in total. The fraction of sp³-hybridized carbons (Fsp3) is 0.625. The molecule has 0 fully saturated rings. The molecule has 0 saturated carbocycles. The zero-order chi connectivity index (χ0) is 11.8. The molecule has 0 spiro atoms. The predicted molar refractivity (Wildman–Crippen MR) is 50.0 cm³/mol. The van der Waals surface area contributed by atoms with E-state index in [-0.39, 0.29) is 13.0 Å². The maximum absolute atomic E-state index is 10.9. The van der Waals surface area contributed by atoms with E-state index in [1.807, 2.05) is 0 Å². The van der Waals surface area contributed by atoms with Crippen molar-refractivity contribution in [1.29, 1.82) is 0 Å². The Morgan fingerprint density at radius 1 is 1.13 bits per heavy atom. The third-order valence-electron chi connectivity index (χ3n) is 1.36. The highest BCUT2D eigenvalue weighted by molar-refractivity contribution is 5.86. The number of hydrogen-bond acceptors (Lipinski definition) is 4. The molecule has 0 aromatic rings. The van der Waals surface area contributed by atoms with E-state index in [2.05, 4.69) is 10.6 Å². The average molecular weight is 218 g/mol. The predicted octanol–water partition coefficient (Wildman–Crippen LogP) is -1.93. The number of aliphatic hydroxyl groups excluding tert-OH is 1. The first kappa shape index (κ1) is 13.4. The first-order valence-corrected chi connectivity index (χ1v) is 4.35. The minimum atomic E-state index is -1.15. The van der Waals surface area contributed by atoms with Crippen molar-refractivity contribution < 1.29 is 24.6 Å². The fourth-order valence-corrected chi connectivity index (χ4v) is 0.756. The Balaban J connectivity index is 3.62. The summed E-state index contributed by atoms with van der Waals surface area (Å²) >= 11 is 0. The van der Waals surface area contributed by atoms with Gasteiger partial charge in [0.1, 0.15) is 6.54 Å². The smallest absolute Gasteiger partial charge is 0.322 e. The summed E-state index contributed by atoms with van der Waals surface area (Å²) in [5.41, 5.74) is 0. The number of carboxylic acids is 1. The highest BCUT2D eigenvalue weighted by Gasteiger charge is 2.08. The second kappa shape index (κ2) is 6.77. The lowest BCUT2D eigenvalue weighted by molar-refractivity contribution is -0.137. The van der Waals surface area contributed by atoms with Crippen molar-refractivity contribution in [3.63, 3.8) is 0 Å². The molecule has 7 heteroatoms. The van der Waals surface area contributed by atoms with E-state index in [4.69, 9.17) is 10.2 Å². The normalized spacial score (nSPS) is 11.6. The Kier molecular flexibility index (Phi) is 6.03. The summed E-state index contributed by atoms with van der Waals surface area (Å²) in [6.07, 6.45) is -0.862. The van der Waals surface area contributed by atoms with Crippen LogP contribution in [-0.2, 0) is 14.4 Å². The van der Waals surface area contributed by atoms with Crippen molar-refractivity contribution in [1.82, 2.24) is 10.6 Å². The maximum Gasteiger partial charge on any atom is 0.322 e. The number of carbonyl (C=O) groups is 3. The molecule has 0 aliphatic rings. The molecule has 15 heavy (non-hydrogen) atoms. The van der Waals surface area contributed by atoms with Gasteiger partial charge in [-0.3, -0.25) is 14.4 Å². The van der Waals surface area contributed by atoms with Gasteiger partial charge >= 0.3 is 5.97 Å². The highest BCUT2D eigenvalue weighted by Crippen LogP contribution is 1.87. The Bertz CT molecular complexity index is 251. The zero-order valence-electron chi connectivity index (χ0n) is 8.32. The Labute approximate surface area is 86.5 Å². The van der Waals surface area contributed by atoms with Crippen molar-refractivity contribution in [2.45, 2.75) is 19.4 Å². The van der Waals surface area contributed by atoms with Crippen LogP contribution in [0.25, 0.3) is 0 Å². The Morgan fingerprint density at radius 2 is 1.67 bits per heavy atom. The first-order chi connectivity index (χ1) is 6.91. The van der Waals surface area contributed by atoms with E-state index in [0.717, 1.165) is 0 Å². The van der Waals surface area contributed by atoms with Crippen LogP contribution in [0.4, 0.5) is 0 Å². The summed E-state index contributed by atoms with van der Waals surface area (Å²) < 4.78 is 0. The summed E-state index contributed by atoms with van der Waals surface area (Å²) in [6, 6.07) is 0. The molecule has 0 bridgehead atoms. The number of rotatable bonds is 6. The Morgan fingerprint density at radius 3 is 2.13 bits per heavy atom. The summed E-state index contributed by atoms with van der Waals surface area (Å²) in [6.45, 7) is 0.675. The molecule has 1 unspecified atom stereocenters. The van der Waals surface area contributed by atoms with Crippen LogP contribution in [0.5, 0.6) is 0 Å². The van der Waals surface area contributed by atoms with Crippen LogP contribution in [0.15, 0.2) is 0 Å². The van der Waals surface area contributed by atoms with Gasteiger partial charge in [0.05, 0.1) is 19.1 Å². The van der Waals surface area contributed by atoms with Crippen molar-refractivity contribution in [2.24, 2.45) is 0 Å². The highest BCUT2D eigenvalue weighted by atomic mass is 16.4. The van der Waals surface area contributed by atoms with Gasteiger partial charge in [-0.2, -0.15) is 0 Å². The quantitative estimate of drug-likeness (QED) is 0.414. The largest absolute Gasteiger partial charge is 0.480 e. The van der Waals surface area contributed by atoms with Crippen LogP contribution >= 0.6 is 0 Å². The molecule has 0 heterocycles. The topological polar surface area (TPSA) is 116 Å². The molecule has 0 aliphatic heterocycles. The molecule has 2 amide bonds. The second-order valence-corrected chi connectivity index (χ2v) is 3.00. The lowest BCUT2D eigenvalue weighted by Gasteiger charge is -2.06. The minimum absolute atomic E-state index is 0.0911. The van der Waals surface area contributed by atoms with Crippen molar-refractivity contribution >= 4 is 17.8 Å². The van der Waals surface area contributed by atoms with Crippen LogP contribution in [-0.4, -0.2) is 47.2 Å². The number of aliphatic hydroxyl groups is 1. The molecule has 0 aromatic carbocycles. The number of aliphatic carboxylic acids is 1. The van der Waals surface area contributed by atoms with Gasteiger partial charge in [-0.15, -0.1) is 0 Å². The van der Waals surface area contributed by atoms with E-state index < -0.39 is 30.4 Å². The van der Waals surface area contributed by atoms with Crippen LogP contribution in [0.2, 0.25) is 0 Å². The molecule has 1 atom stereocenters. The molecular weight excluding hydrogens is 204 g/mol. The van der Waals surface area contributed by atoms with Crippen molar-refractivity contribution in [3.8, 4) is 0 Å². The van der Waals surface area contributed by atoms with Gasteiger partial charge in [0.15, 0.2) is 0 Å². The van der Waals surface area contributed by atoms with E-state index in [1.165, 1.54) is 6.92 Å². The van der Waals surface area contributed by atoms with Gasteiger partial charge in [-0.25, -0.2) is 0 Å². The fourth-order valence-electron chi connectivity index (χ4n) is 0.756. The van der Waals surface area contributed by atoms with E-state index in [1.54, 1.807) is 0 Å². The zero-order valence-corrected chi connectivity index (χ0v) is 8.32. The molecule has 0 aliphatic carbocycles. The van der Waals surface area contributed by atoms with Gasteiger partial charge < -0.3 is 20.8 Å². The molecular formula is C8H14N2O5. The number of hydrogen-bond donors (Lipinski definition) is 4. The lowest BCUT2D eigenvalue weighted by atomic mass is 10.3. The average Bonchev–Trinajstić information content (AvgIpc) is 2.10. The first-order valence-electron chi connectivity index (χ1n) is 4.35. The Hall–Kier alpha value is -1.63. The summed E-state index contributed by atoms with van der Waals surface area (Å²) in [4.78, 5) is 31.9. The summed E-state index contributed by atoms with van der Waals surface area (Å²) in [7, 11) is 0. The van der Waals surface area contributed by atoms with Gasteiger partial charge in [0.25, 0.3) is 0 Å². The van der Waals surface area contributed by atoms with Crippen LogP contribution < -0.4 is 10.6 Å². The SMILES string of the molecule is CC(O)CC(=O)NCC(=O)NCC(=O)O. The molecule has 0 radical (unpaired) electrons.